The first-order chi connectivity index (χ1) is 5.56. The minimum atomic E-state index is 0.314. The number of nitrogens with zero attached hydrogens (tertiary/aromatic N) is 1. The van der Waals surface area contributed by atoms with Crippen molar-refractivity contribution in [3.8, 4) is 0 Å². The van der Waals surface area contributed by atoms with E-state index in [0.29, 0.717) is 5.54 Å². The number of halogens is 1. The van der Waals surface area contributed by atoms with Gasteiger partial charge in [0, 0.05) is 41.5 Å². The highest BCUT2D eigenvalue weighted by molar-refractivity contribution is 14.1. The molecule has 0 aliphatic carbocycles. The van der Waals surface area contributed by atoms with Crippen LogP contribution in [0.3, 0.4) is 0 Å². The minimum Gasteiger partial charge on any atom is -0.312 e. The van der Waals surface area contributed by atoms with Crippen LogP contribution >= 0.6 is 22.9 Å². The average Bonchev–Trinajstić information content (AvgIpc) is 2.36. The first-order valence-electron chi connectivity index (χ1n) is 4.72. The number of hydrogen-bond donors (Lipinski definition) is 1. The van der Waals surface area contributed by atoms with Gasteiger partial charge in [-0.05, 0) is 32.7 Å². The normalized spacial score (nSPS) is 26.5. The molecule has 0 aromatic rings. The Labute approximate surface area is 89.6 Å². The second kappa shape index (κ2) is 4.24. The molecular weight excluding hydrogens is 263 g/mol. The van der Waals surface area contributed by atoms with Gasteiger partial charge < -0.3 is 5.32 Å². The Hall–Kier alpha value is 0.650. The van der Waals surface area contributed by atoms with E-state index in [2.05, 4.69) is 52.1 Å². The molecule has 1 saturated heterocycles. The molecular formula is C9H19IN2. The molecule has 2 nitrogen and oxygen atoms in total. The van der Waals surface area contributed by atoms with Crippen molar-refractivity contribution in [2.24, 2.45) is 5.92 Å². The lowest BCUT2D eigenvalue weighted by Gasteiger charge is -2.32. The van der Waals surface area contributed by atoms with Crippen molar-refractivity contribution in [3.63, 3.8) is 0 Å². The summed E-state index contributed by atoms with van der Waals surface area (Å²) in [6.45, 7) is 10.4. The standard InChI is InChI=1S/C9H19IN2/c1-4-11-9(2,3)8-5-6-12(10)7-8/h8,11H,4-7H2,1-3H3. The van der Waals surface area contributed by atoms with Gasteiger partial charge in [-0.3, -0.25) is 0 Å². The monoisotopic (exact) mass is 282 g/mol. The van der Waals surface area contributed by atoms with E-state index < -0.39 is 0 Å². The van der Waals surface area contributed by atoms with Crippen molar-refractivity contribution >= 4 is 22.9 Å². The van der Waals surface area contributed by atoms with Crippen LogP contribution in [0.1, 0.15) is 27.2 Å². The molecule has 0 aromatic carbocycles. The van der Waals surface area contributed by atoms with Crippen molar-refractivity contribution in [3.05, 3.63) is 0 Å². The molecule has 1 atom stereocenters. The summed E-state index contributed by atoms with van der Waals surface area (Å²) >= 11 is 2.42. The average molecular weight is 282 g/mol. The summed E-state index contributed by atoms with van der Waals surface area (Å²) in [6.07, 6.45) is 1.34. The maximum Gasteiger partial charge on any atom is 0.0201 e. The van der Waals surface area contributed by atoms with Crippen LogP contribution in [0, 0.1) is 5.92 Å². The highest BCUT2D eigenvalue weighted by Crippen LogP contribution is 2.28. The van der Waals surface area contributed by atoms with Gasteiger partial charge in [-0.2, -0.15) is 0 Å². The molecule has 3 heteroatoms. The van der Waals surface area contributed by atoms with E-state index in [1.54, 1.807) is 0 Å². The van der Waals surface area contributed by atoms with Crippen molar-refractivity contribution in [1.82, 2.24) is 8.43 Å². The highest BCUT2D eigenvalue weighted by Gasteiger charge is 2.33. The highest BCUT2D eigenvalue weighted by atomic mass is 127. The van der Waals surface area contributed by atoms with Crippen molar-refractivity contribution in [1.29, 1.82) is 0 Å². The first kappa shape index (κ1) is 10.7. The number of rotatable bonds is 3. The fourth-order valence-electron chi connectivity index (χ4n) is 1.91. The molecule has 1 heterocycles. The van der Waals surface area contributed by atoms with Crippen molar-refractivity contribution < 1.29 is 0 Å². The second-order valence-corrected chi connectivity index (χ2v) is 5.47. The van der Waals surface area contributed by atoms with Gasteiger partial charge in [-0.1, -0.05) is 6.92 Å². The van der Waals surface area contributed by atoms with E-state index >= 15 is 0 Å². The van der Waals surface area contributed by atoms with E-state index in [0.717, 1.165) is 12.5 Å². The molecule has 1 aliphatic heterocycles. The first-order valence-corrected chi connectivity index (χ1v) is 5.68. The fraction of sp³-hybridized carbons (Fsp3) is 1.00. The third-order valence-electron chi connectivity index (χ3n) is 2.79. The molecule has 0 bridgehead atoms. The maximum atomic E-state index is 3.55. The Morgan fingerprint density at radius 1 is 1.58 bits per heavy atom. The third kappa shape index (κ3) is 2.57. The van der Waals surface area contributed by atoms with Gasteiger partial charge in [0.2, 0.25) is 0 Å². The van der Waals surface area contributed by atoms with Gasteiger partial charge >= 0.3 is 0 Å². The third-order valence-corrected chi connectivity index (χ3v) is 3.67. The van der Waals surface area contributed by atoms with Crippen LogP contribution in [-0.4, -0.2) is 28.3 Å². The summed E-state index contributed by atoms with van der Waals surface area (Å²) in [5.41, 5.74) is 0.314. The van der Waals surface area contributed by atoms with Crippen LogP contribution < -0.4 is 5.32 Å². The van der Waals surface area contributed by atoms with Crippen LogP contribution in [0.25, 0.3) is 0 Å². The van der Waals surface area contributed by atoms with Gasteiger partial charge in [0.05, 0.1) is 0 Å². The Morgan fingerprint density at radius 3 is 2.67 bits per heavy atom. The van der Waals surface area contributed by atoms with Gasteiger partial charge in [0.1, 0.15) is 0 Å². The van der Waals surface area contributed by atoms with Crippen molar-refractivity contribution in [2.75, 3.05) is 19.6 Å². The quantitative estimate of drug-likeness (QED) is 0.629. The Morgan fingerprint density at radius 2 is 2.25 bits per heavy atom. The molecule has 1 N–H and O–H groups in total. The molecule has 1 aliphatic rings. The van der Waals surface area contributed by atoms with E-state index in [9.17, 15) is 0 Å². The molecule has 72 valence electrons. The molecule has 1 fully saturated rings. The Bertz CT molecular complexity index is 147. The predicted octanol–water partition coefficient (Wildman–Crippen LogP) is 2.05. The van der Waals surface area contributed by atoms with E-state index in [1.807, 2.05) is 0 Å². The summed E-state index contributed by atoms with van der Waals surface area (Å²) in [7, 11) is 0. The molecule has 0 spiro atoms. The molecule has 1 unspecified atom stereocenters. The summed E-state index contributed by atoms with van der Waals surface area (Å²) in [5, 5.41) is 3.55. The molecule has 0 radical (unpaired) electrons. The molecule has 0 aromatic heterocycles. The van der Waals surface area contributed by atoms with Crippen LogP contribution in [0.2, 0.25) is 0 Å². The van der Waals surface area contributed by atoms with E-state index in [1.165, 1.54) is 19.5 Å². The van der Waals surface area contributed by atoms with Gasteiger partial charge in [0.15, 0.2) is 0 Å². The van der Waals surface area contributed by atoms with Gasteiger partial charge in [0.25, 0.3) is 0 Å². The fourth-order valence-corrected chi connectivity index (χ4v) is 2.66. The second-order valence-electron chi connectivity index (χ2n) is 4.11. The number of hydrogen-bond acceptors (Lipinski definition) is 2. The zero-order valence-electron chi connectivity index (χ0n) is 8.23. The predicted molar refractivity (Wildman–Crippen MR) is 61.5 cm³/mol. The largest absolute Gasteiger partial charge is 0.312 e. The smallest absolute Gasteiger partial charge is 0.0201 e. The van der Waals surface area contributed by atoms with Crippen LogP contribution in [0.5, 0.6) is 0 Å². The topological polar surface area (TPSA) is 15.3 Å². The lowest BCUT2D eigenvalue weighted by atomic mass is 9.87. The zero-order valence-corrected chi connectivity index (χ0v) is 10.4. The lowest BCUT2D eigenvalue weighted by molar-refractivity contribution is 0.269. The maximum absolute atomic E-state index is 3.55. The zero-order chi connectivity index (χ0) is 9.19. The summed E-state index contributed by atoms with van der Waals surface area (Å²) in [6, 6.07) is 0. The lowest BCUT2D eigenvalue weighted by Crippen LogP contribution is -2.46. The van der Waals surface area contributed by atoms with Crippen molar-refractivity contribution in [2.45, 2.75) is 32.7 Å². The van der Waals surface area contributed by atoms with Crippen LogP contribution in [0.4, 0.5) is 0 Å². The van der Waals surface area contributed by atoms with Crippen LogP contribution in [-0.2, 0) is 0 Å². The summed E-state index contributed by atoms with van der Waals surface area (Å²) in [5.74, 6) is 0.814. The molecule has 1 rings (SSSR count). The minimum absolute atomic E-state index is 0.314. The van der Waals surface area contributed by atoms with Gasteiger partial charge in [-0.25, -0.2) is 3.11 Å². The van der Waals surface area contributed by atoms with E-state index in [-0.39, 0.29) is 0 Å². The van der Waals surface area contributed by atoms with Gasteiger partial charge in [-0.15, -0.1) is 0 Å². The summed E-state index contributed by atoms with van der Waals surface area (Å²) < 4.78 is 2.39. The Kier molecular flexibility index (Phi) is 3.79. The SMILES string of the molecule is CCNC(C)(C)C1CCN(I)C1. The summed E-state index contributed by atoms with van der Waals surface area (Å²) in [4.78, 5) is 0. The molecule has 0 saturated carbocycles. The van der Waals surface area contributed by atoms with Crippen LogP contribution in [0.15, 0.2) is 0 Å². The molecule has 0 amide bonds. The Balaban J connectivity index is 2.45. The molecule has 12 heavy (non-hydrogen) atoms. The van der Waals surface area contributed by atoms with E-state index in [4.69, 9.17) is 0 Å². The number of nitrogens with one attached hydrogen (secondary N) is 1.